The van der Waals surface area contributed by atoms with Gasteiger partial charge in [-0.15, -0.1) is 11.3 Å². The van der Waals surface area contributed by atoms with Gasteiger partial charge in [0.05, 0.1) is 12.8 Å². The maximum Gasteiger partial charge on any atom is 0.263 e. The lowest BCUT2D eigenvalue weighted by Gasteiger charge is -2.10. The van der Waals surface area contributed by atoms with Crippen molar-refractivity contribution in [3.63, 3.8) is 0 Å². The van der Waals surface area contributed by atoms with Crippen LogP contribution in [-0.2, 0) is 0 Å². The van der Waals surface area contributed by atoms with Gasteiger partial charge in [0, 0.05) is 10.6 Å². The van der Waals surface area contributed by atoms with E-state index in [0.717, 1.165) is 10.6 Å². The molecule has 2 aromatic rings. The van der Waals surface area contributed by atoms with Gasteiger partial charge in [0.25, 0.3) is 5.91 Å². The molecule has 2 rings (SSSR count). The first-order chi connectivity index (χ1) is 9.02. The first-order valence-electron chi connectivity index (χ1n) is 5.70. The van der Waals surface area contributed by atoms with Crippen molar-refractivity contribution in [1.29, 1.82) is 0 Å². The van der Waals surface area contributed by atoms with E-state index >= 15 is 0 Å². The molecule has 0 atom stereocenters. The summed E-state index contributed by atoms with van der Waals surface area (Å²) in [6, 6.07) is 5.10. The second-order valence-electron chi connectivity index (χ2n) is 4.04. The fourth-order valence-electron chi connectivity index (χ4n) is 1.65. The first kappa shape index (κ1) is 13.4. The number of hydrogen-bond donors (Lipinski definition) is 2. The van der Waals surface area contributed by atoms with E-state index in [1.54, 1.807) is 18.2 Å². The summed E-state index contributed by atoms with van der Waals surface area (Å²) < 4.78 is 5.16. The van der Waals surface area contributed by atoms with Crippen LogP contribution in [0, 0.1) is 13.8 Å². The molecule has 0 bridgehead atoms. The fraction of sp³-hybridized carbons (Fsp3) is 0.231. The Hall–Kier alpha value is -2.08. The summed E-state index contributed by atoms with van der Waals surface area (Å²) in [7, 11) is 1.50. The Morgan fingerprint density at radius 1 is 1.42 bits per heavy atom. The predicted molar refractivity (Wildman–Crippen MR) is 76.9 cm³/mol. The van der Waals surface area contributed by atoms with Crippen LogP contribution in [0.4, 0.5) is 10.8 Å². The molecule has 0 spiro atoms. The average Bonchev–Trinajstić information content (AvgIpc) is 2.67. The maximum atomic E-state index is 12.2. The standard InChI is InChI=1S/C13H15N3O2S/c1-7-8(2)19-13(15-7)16-12(17)11-9(14)5-4-6-10(11)18-3/h4-6H,14H2,1-3H3,(H,15,16,17). The number of methoxy groups -OCH3 is 1. The average molecular weight is 277 g/mol. The third-order valence-electron chi connectivity index (χ3n) is 2.75. The lowest BCUT2D eigenvalue weighted by molar-refractivity contribution is 0.102. The topological polar surface area (TPSA) is 77.2 Å². The highest BCUT2D eigenvalue weighted by Gasteiger charge is 2.17. The van der Waals surface area contributed by atoms with E-state index in [1.807, 2.05) is 13.8 Å². The number of thiazole rings is 1. The van der Waals surface area contributed by atoms with Crippen LogP contribution in [0.15, 0.2) is 18.2 Å². The molecule has 0 aliphatic heterocycles. The highest BCUT2D eigenvalue weighted by Crippen LogP contribution is 2.27. The van der Waals surface area contributed by atoms with Crippen molar-refractivity contribution in [2.45, 2.75) is 13.8 Å². The van der Waals surface area contributed by atoms with Gasteiger partial charge in [-0.1, -0.05) is 6.07 Å². The number of anilines is 2. The molecular weight excluding hydrogens is 262 g/mol. The monoisotopic (exact) mass is 277 g/mol. The van der Waals surface area contributed by atoms with Crippen LogP contribution in [0.3, 0.4) is 0 Å². The van der Waals surface area contributed by atoms with Gasteiger partial charge >= 0.3 is 0 Å². The molecule has 100 valence electrons. The Morgan fingerprint density at radius 2 is 2.16 bits per heavy atom. The van der Waals surface area contributed by atoms with Gasteiger partial charge in [-0.2, -0.15) is 0 Å². The molecule has 0 saturated carbocycles. The maximum absolute atomic E-state index is 12.2. The Morgan fingerprint density at radius 3 is 2.74 bits per heavy atom. The molecule has 6 heteroatoms. The summed E-state index contributed by atoms with van der Waals surface area (Å²) in [5.74, 6) is 0.131. The number of aryl methyl sites for hydroxylation is 2. The van der Waals surface area contributed by atoms with Crippen molar-refractivity contribution in [2.75, 3.05) is 18.2 Å². The van der Waals surface area contributed by atoms with Crippen LogP contribution in [0.25, 0.3) is 0 Å². The van der Waals surface area contributed by atoms with E-state index in [-0.39, 0.29) is 5.91 Å². The largest absolute Gasteiger partial charge is 0.496 e. The molecule has 0 aliphatic rings. The molecule has 0 aliphatic carbocycles. The SMILES string of the molecule is COc1cccc(N)c1C(=O)Nc1nc(C)c(C)s1. The zero-order valence-corrected chi connectivity index (χ0v) is 11.8. The lowest BCUT2D eigenvalue weighted by Crippen LogP contribution is -2.15. The van der Waals surface area contributed by atoms with Crippen LogP contribution in [0.5, 0.6) is 5.75 Å². The van der Waals surface area contributed by atoms with E-state index in [1.165, 1.54) is 18.4 Å². The molecule has 0 unspecified atom stereocenters. The molecule has 0 saturated heterocycles. The molecule has 5 nitrogen and oxygen atoms in total. The Bertz CT molecular complexity index is 603. The number of amides is 1. The Labute approximate surface area is 115 Å². The quantitative estimate of drug-likeness (QED) is 0.845. The summed E-state index contributed by atoms with van der Waals surface area (Å²) >= 11 is 1.43. The van der Waals surface area contributed by atoms with E-state index in [4.69, 9.17) is 10.5 Å². The number of nitrogens with one attached hydrogen (secondary N) is 1. The van der Waals surface area contributed by atoms with E-state index in [9.17, 15) is 4.79 Å². The minimum Gasteiger partial charge on any atom is -0.496 e. The van der Waals surface area contributed by atoms with E-state index in [0.29, 0.717) is 22.1 Å². The third-order valence-corrected chi connectivity index (χ3v) is 3.74. The zero-order chi connectivity index (χ0) is 14.0. The molecule has 0 radical (unpaired) electrons. The zero-order valence-electron chi connectivity index (χ0n) is 11.0. The smallest absolute Gasteiger partial charge is 0.263 e. The second-order valence-corrected chi connectivity index (χ2v) is 5.24. The summed E-state index contributed by atoms with van der Waals surface area (Å²) in [4.78, 5) is 17.6. The minimum absolute atomic E-state index is 0.316. The highest BCUT2D eigenvalue weighted by atomic mass is 32.1. The Balaban J connectivity index is 2.30. The number of carbonyl (C=O) groups is 1. The number of carbonyl (C=O) groups excluding carboxylic acids is 1. The van der Waals surface area contributed by atoms with E-state index in [2.05, 4.69) is 10.3 Å². The van der Waals surface area contributed by atoms with Crippen LogP contribution in [-0.4, -0.2) is 18.0 Å². The summed E-state index contributed by atoms with van der Waals surface area (Å²) in [5, 5.41) is 3.30. The Kier molecular flexibility index (Phi) is 3.71. The summed E-state index contributed by atoms with van der Waals surface area (Å²) in [6.07, 6.45) is 0. The molecule has 3 N–H and O–H groups in total. The van der Waals surface area contributed by atoms with Gasteiger partial charge in [0.1, 0.15) is 11.3 Å². The van der Waals surface area contributed by atoms with Gasteiger partial charge in [-0.3, -0.25) is 10.1 Å². The molecule has 1 aromatic heterocycles. The van der Waals surface area contributed by atoms with Crippen molar-refractivity contribution in [3.8, 4) is 5.75 Å². The van der Waals surface area contributed by atoms with Crippen molar-refractivity contribution in [1.82, 2.24) is 4.98 Å². The fourth-order valence-corrected chi connectivity index (χ4v) is 2.46. The number of nitrogens with two attached hydrogens (primary N) is 1. The number of ether oxygens (including phenoxy) is 1. The number of rotatable bonds is 3. The van der Waals surface area contributed by atoms with Crippen molar-refractivity contribution in [3.05, 3.63) is 34.3 Å². The second kappa shape index (κ2) is 5.27. The van der Waals surface area contributed by atoms with Crippen LogP contribution in [0.1, 0.15) is 20.9 Å². The number of nitrogen functional groups attached to an aromatic ring is 1. The molecular formula is C13H15N3O2S. The van der Waals surface area contributed by atoms with Crippen LogP contribution >= 0.6 is 11.3 Å². The molecule has 1 heterocycles. The lowest BCUT2D eigenvalue weighted by atomic mass is 10.1. The number of hydrogen-bond acceptors (Lipinski definition) is 5. The van der Waals surface area contributed by atoms with Crippen molar-refractivity contribution >= 4 is 28.1 Å². The van der Waals surface area contributed by atoms with Gasteiger partial charge in [-0.05, 0) is 26.0 Å². The van der Waals surface area contributed by atoms with Crippen LogP contribution < -0.4 is 15.8 Å². The third kappa shape index (κ3) is 2.68. The van der Waals surface area contributed by atoms with Gasteiger partial charge in [0.15, 0.2) is 5.13 Å². The minimum atomic E-state index is -0.316. The van der Waals surface area contributed by atoms with Gasteiger partial charge in [-0.25, -0.2) is 4.98 Å². The van der Waals surface area contributed by atoms with Crippen molar-refractivity contribution < 1.29 is 9.53 Å². The first-order valence-corrected chi connectivity index (χ1v) is 6.52. The molecule has 0 fully saturated rings. The van der Waals surface area contributed by atoms with Gasteiger partial charge < -0.3 is 10.5 Å². The van der Waals surface area contributed by atoms with Crippen LogP contribution in [0.2, 0.25) is 0 Å². The number of benzene rings is 1. The molecule has 1 amide bonds. The normalized spacial score (nSPS) is 10.3. The highest BCUT2D eigenvalue weighted by molar-refractivity contribution is 7.15. The summed E-state index contributed by atoms with van der Waals surface area (Å²) in [6.45, 7) is 3.86. The summed E-state index contributed by atoms with van der Waals surface area (Å²) in [5.41, 5.74) is 7.45. The number of aromatic nitrogens is 1. The molecule has 19 heavy (non-hydrogen) atoms. The predicted octanol–water partition coefficient (Wildman–Crippen LogP) is 2.60. The van der Waals surface area contributed by atoms with Crippen molar-refractivity contribution in [2.24, 2.45) is 0 Å². The number of nitrogens with zero attached hydrogens (tertiary/aromatic N) is 1. The molecule has 1 aromatic carbocycles. The van der Waals surface area contributed by atoms with Gasteiger partial charge in [0.2, 0.25) is 0 Å². The van der Waals surface area contributed by atoms with E-state index < -0.39 is 0 Å².